The van der Waals surface area contributed by atoms with Gasteiger partial charge in [-0.15, -0.1) is 0 Å². The first-order valence-electron chi connectivity index (χ1n) is 4.09. The molecule has 0 radical (unpaired) electrons. The lowest BCUT2D eigenvalue weighted by atomic mass is 9.79. The van der Waals surface area contributed by atoms with Crippen molar-refractivity contribution in [2.75, 3.05) is 0 Å². The molecule has 3 N–H and O–H groups in total. The van der Waals surface area contributed by atoms with Crippen molar-refractivity contribution in [1.29, 1.82) is 0 Å². The Morgan fingerprint density at radius 1 is 1.55 bits per heavy atom. The second-order valence-electron chi connectivity index (χ2n) is 3.53. The highest BCUT2D eigenvalue weighted by Crippen LogP contribution is 2.27. The zero-order valence-electron chi connectivity index (χ0n) is 6.79. The Balaban J connectivity index is 2.54. The SMILES string of the molecule is CC1CCC(N)C(C(=O)O)C1. The molecule has 0 aromatic heterocycles. The lowest BCUT2D eigenvalue weighted by Gasteiger charge is -2.29. The summed E-state index contributed by atoms with van der Waals surface area (Å²) in [6.45, 7) is 2.09. The summed E-state index contributed by atoms with van der Waals surface area (Å²) in [5.41, 5.74) is 5.66. The van der Waals surface area contributed by atoms with Crippen LogP contribution in [0.25, 0.3) is 0 Å². The Kier molecular flexibility index (Phi) is 2.49. The molecule has 0 aliphatic heterocycles. The van der Waals surface area contributed by atoms with Crippen molar-refractivity contribution in [2.45, 2.75) is 32.2 Å². The average Bonchev–Trinajstić information content (AvgIpc) is 1.94. The molecule has 3 nitrogen and oxygen atoms in total. The molecule has 0 heterocycles. The molecule has 1 fully saturated rings. The van der Waals surface area contributed by atoms with Gasteiger partial charge in [0.1, 0.15) is 0 Å². The van der Waals surface area contributed by atoms with E-state index < -0.39 is 5.97 Å². The van der Waals surface area contributed by atoms with Crippen molar-refractivity contribution in [3.63, 3.8) is 0 Å². The highest BCUT2D eigenvalue weighted by Gasteiger charge is 2.30. The molecule has 1 aliphatic carbocycles. The lowest BCUT2D eigenvalue weighted by molar-refractivity contribution is -0.143. The van der Waals surface area contributed by atoms with Gasteiger partial charge in [0.15, 0.2) is 0 Å². The van der Waals surface area contributed by atoms with Crippen molar-refractivity contribution in [1.82, 2.24) is 0 Å². The van der Waals surface area contributed by atoms with E-state index in [9.17, 15) is 4.79 Å². The van der Waals surface area contributed by atoms with Crippen molar-refractivity contribution >= 4 is 5.97 Å². The summed E-state index contributed by atoms with van der Waals surface area (Å²) in [4.78, 5) is 10.6. The van der Waals surface area contributed by atoms with Crippen LogP contribution in [-0.2, 0) is 4.79 Å². The quantitative estimate of drug-likeness (QED) is 0.592. The van der Waals surface area contributed by atoms with E-state index in [0.29, 0.717) is 5.92 Å². The number of carboxylic acid groups (broad SMARTS) is 1. The molecule has 1 aliphatic rings. The largest absolute Gasteiger partial charge is 0.481 e. The van der Waals surface area contributed by atoms with Crippen LogP contribution in [0.1, 0.15) is 26.2 Å². The summed E-state index contributed by atoms with van der Waals surface area (Å²) < 4.78 is 0. The van der Waals surface area contributed by atoms with Crippen molar-refractivity contribution in [2.24, 2.45) is 17.6 Å². The summed E-state index contributed by atoms with van der Waals surface area (Å²) in [7, 11) is 0. The molecular weight excluding hydrogens is 142 g/mol. The Hall–Kier alpha value is -0.570. The molecule has 0 spiro atoms. The number of carbonyl (C=O) groups is 1. The van der Waals surface area contributed by atoms with Crippen molar-refractivity contribution < 1.29 is 9.90 Å². The molecule has 3 atom stereocenters. The molecule has 0 amide bonds. The van der Waals surface area contributed by atoms with E-state index in [0.717, 1.165) is 19.3 Å². The van der Waals surface area contributed by atoms with Crippen molar-refractivity contribution in [3.8, 4) is 0 Å². The minimum atomic E-state index is -0.732. The molecule has 0 saturated heterocycles. The fourth-order valence-corrected chi connectivity index (χ4v) is 1.69. The van der Waals surface area contributed by atoms with Crippen LogP contribution in [0.2, 0.25) is 0 Å². The molecule has 3 heteroatoms. The van der Waals surface area contributed by atoms with Crippen LogP contribution in [0, 0.1) is 11.8 Å². The van der Waals surface area contributed by atoms with Gasteiger partial charge >= 0.3 is 5.97 Å². The number of rotatable bonds is 1. The highest BCUT2D eigenvalue weighted by atomic mass is 16.4. The van der Waals surface area contributed by atoms with E-state index in [2.05, 4.69) is 6.92 Å². The maximum atomic E-state index is 10.6. The monoisotopic (exact) mass is 157 g/mol. The predicted octanol–water partition coefficient (Wildman–Crippen LogP) is 0.834. The molecule has 0 aromatic rings. The predicted molar refractivity (Wildman–Crippen MR) is 42.1 cm³/mol. The van der Waals surface area contributed by atoms with Gasteiger partial charge in [0, 0.05) is 6.04 Å². The third kappa shape index (κ3) is 1.93. The molecule has 3 unspecified atom stereocenters. The molecule has 11 heavy (non-hydrogen) atoms. The van der Waals surface area contributed by atoms with E-state index in [1.54, 1.807) is 0 Å². The number of hydrogen-bond acceptors (Lipinski definition) is 2. The Morgan fingerprint density at radius 3 is 2.64 bits per heavy atom. The molecule has 0 aromatic carbocycles. The van der Waals surface area contributed by atoms with Gasteiger partial charge in [-0.05, 0) is 25.2 Å². The lowest BCUT2D eigenvalue weighted by Crippen LogP contribution is -2.40. The number of aliphatic carboxylic acids is 1. The minimum Gasteiger partial charge on any atom is -0.481 e. The minimum absolute atomic E-state index is 0.122. The smallest absolute Gasteiger partial charge is 0.308 e. The van der Waals surface area contributed by atoms with E-state index in [1.807, 2.05) is 0 Å². The number of carboxylic acids is 1. The van der Waals surface area contributed by atoms with Crippen molar-refractivity contribution in [3.05, 3.63) is 0 Å². The van der Waals surface area contributed by atoms with E-state index >= 15 is 0 Å². The second kappa shape index (κ2) is 3.22. The molecule has 0 bridgehead atoms. The highest BCUT2D eigenvalue weighted by molar-refractivity contribution is 5.71. The normalized spacial score (nSPS) is 38.5. The maximum Gasteiger partial charge on any atom is 0.308 e. The Morgan fingerprint density at radius 2 is 2.18 bits per heavy atom. The third-order valence-corrected chi connectivity index (χ3v) is 2.48. The van der Waals surface area contributed by atoms with Gasteiger partial charge in [0.25, 0.3) is 0 Å². The summed E-state index contributed by atoms with van der Waals surface area (Å²) in [5.74, 6) is -0.515. The summed E-state index contributed by atoms with van der Waals surface area (Å²) in [6, 6.07) is -0.122. The Bertz CT molecular complexity index is 158. The van der Waals surface area contributed by atoms with Gasteiger partial charge in [0.05, 0.1) is 5.92 Å². The second-order valence-corrected chi connectivity index (χ2v) is 3.53. The summed E-state index contributed by atoms with van der Waals surface area (Å²) >= 11 is 0. The van der Waals surface area contributed by atoms with E-state index in [4.69, 9.17) is 10.8 Å². The van der Waals surface area contributed by atoms with E-state index in [-0.39, 0.29) is 12.0 Å². The van der Waals surface area contributed by atoms with E-state index in [1.165, 1.54) is 0 Å². The van der Waals surface area contributed by atoms with Gasteiger partial charge in [-0.3, -0.25) is 4.79 Å². The van der Waals surface area contributed by atoms with Gasteiger partial charge in [-0.1, -0.05) is 6.92 Å². The van der Waals surface area contributed by atoms with Gasteiger partial charge in [-0.25, -0.2) is 0 Å². The standard InChI is InChI=1S/C8H15NO2/c1-5-2-3-7(9)6(4-5)8(10)11/h5-7H,2-4,9H2,1H3,(H,10,11). The first-order chi connectivity index (χ1) is 5.11. The maximum absolute atomic E-state index is 10.6. The van der Waals surface area contributed by atoms with Gasteiger partial charge in [-0.2, -0.15) is 0 Å². The van der Waals surface area contributed by atoms with Gasteiger partial charge < -0.3 is 10.8 Å². The Labute approximate surface area is 66.6 Å². The van der Waals surface area contributed by atoms with Crippen LogP contribution < -0.4 is 5.73 Å². The zero-order chi connectivity index (χ0) is 8.43. The van der Waals surface area contributed by atoms with Crippen LogP contribution in [0.4, 0.5) is 0 Å². The molecule has 64 valence electrons. The molecule has 1 rings (SSSR count). The van der Waals surface area contributed by atoms with Crippen LogP contribution in [0.5, 0.6) is 0 Å². The fourth-order valence-electron chi connectivity index (χ4n) is 1.69. The first-order valence-corrected chi connectivity index (χ1v) is 4.09. The van der Waals surface area contributed by atoms with Crippen LogP contribution in [0.15, 0.2) is 0 Å². The third-order valence-electron chi connectivity index (χ3n) is 2.48. The molecular formula is C8H15NO2. The van der Waals surface area contributed by atoms with Crippen LogP contribution in [-0.4, -0.2) is 17.1 Å². The first kappa shape index (κ1) is 8.53. The number of hydrogen-bond donors (Lipinski definition) is 2. The summed E-state index contributed by atoms with van der Waals surface area (Å²) in [5, 5.41) is 8.75. The topological polar surface area (TPSA) is 63.3 Å². The summed E-state index contributed by atoms with van der Waals surface area (Å²) in [6.07, 6.45) is 2.68. The van der Waals surface area contributed by atoms with Gasteiger partial charge in [0.2, 0.25) is 0 Å². The fraction of sp³-hybridized carbons (Fsp3) is 0.875. The zero-order valence-corrected chi connectivity index (χ0v) is 6.79. The van der Waals surface area contributed by atoms with Crippen LogP contribution in [0.3, 0.4) is 0 Å². The molecule has 1 saturated carbocycles. The number of nitrogens with two attached hydrogens (primary N) is 1. The van der Waals surface area contributed by atoms with Crippen LogP contribution >= 0.6 is 0 Å². The average molecular weight is 157 g/mol.